The van der Waals surface area contributed by atoms with Gasteiger partial charge < -0.3 is 10.3 Å². The molecule has 3 nitrogen and oxygen atoms in total. The Morgan fingerprint density at radius 1 is 1.20 bits per heavy atom. The fourth-order valence-corrected chi connectivity index (χ4v) is 3.01. The van der Waals surface area contributed by atoms with Crippen molar-refractivity contribution in [3.8, 4) is 0 Å². The van der Waals surface area contributed by atoms with Crippen LogP contribution in [-0.4, -0.2) is 17.0 Å². The Morgan fingerprint density at radius 3 is 2.85 bits per heavy atom. The molecule has 0 spiro atoms. The number of hydrogen-bond acceptors (Lipinski definition) is 3. The Bertz CT molecular complexity index is 687. The number of benzene rings is 1. The van der Waals surface area contributed by atoms with Gasteiger partial charge in [0.25, 0.3) is 0 Å². The van der Waals surface area contributed by atoms with Gasteiger partial charge in [-0.2, -0.15) is 0 Å². The van der Waals surface area contributed by atoms with Gasteiger partial charge in [-0.1, -0.05) is 30.0 Å². The van der Waals surface area contributed by atoms with Gasteiger partial charge in [-0.3, -0.25) is 0 Å². The van der Waals surface area contributed by atoms with Gasteiger partial charge in [0.1, 0.15) is 5.03 Å². The van der Waals surface area contributed by atoms with E-state index >= 15 is 0 Å². The van der Waals surface area contributed by atoms with Crippen LogP contribution in [0.2, 0.25) is 0 Å². The number of aromatic amines is 1. The highest BCUT2D eigenvalue weighted by Crippen LogP contribution is 2.29. The summed E-state index contributed by atoms with van der Waals surface area (Å²) in [5.74, 6) is 0. The SMILES string of the molecule is CNC(C)c1ccnc(Sc2cc3ccccc3[nH]2)c1. The average Bonchev–Trinajstić information content (AvgIpc) is 2.88. The molecule has 4 heteroatoms. The number of nitrogens with one attached hydrogen (secondary N) is 2. The van der Waals surface area contributed by atoms with Crippen molar-refractivity contribution >= 4 is 22.7 Å². The summed E-state index contributed by atoms with van der Waals surface area (Å²) in [5, 5.41) is 6.61. The first-order valence-electron chi connectivity index (χ1n) is 6.65. The highest BCUT2D eigenvalue weighted by atomic mass is 32.2. The monoisotopic (exact) mass is 283 g/mol. The van der Waals surface area contributed by atoms with Crippen molar-refractivity contribution in [1.29, 1.82) is 0 Å². The molecular formula is C16H17N3S. The van der Waals surface area contributed by atoms with E-state index in [4.69, 9.17) is 0 Å². The molecule has 0 saturated heterocycles. The van der Waals surface area contributed by atoms with Crippen LogP contribution in [0.1, 0.15) is 18.5 Å². The van der Waals surface area contributed by atoms with E-state index in [2.05, 4.69) is 58.6 Å². The standard InChI is InChI=1S/C16H17N3S/c1-11(17-2)12-7-8-18-15(9-12)20-16-10-13-5-3-4-6-14(13)19-16/h3-11,17,19H,1-2H3. The molecule has 1 atom stereocenters. The summed E-state index contributed by atoms with van der Waals surface area (Å²) in [6, 6.07) is 15.0. The lowest BCUT2D eigenvalue weighted by Gasteiger charge is -2.10. The summed E-state index contributed by atoms with van der Waals surface area (Å²) >= 11 is 1.66. The molecule has 0 aliphatic carbocycles. The van der Waals surface area contributed by atoms with Crippen LogP contribution in [0.5, 0.6) is 0 Å². The number of aromatic nitrogens is 2. The van der Waals surface area contributed by atoms with Gasteiger partial charge in [0.15, 0.2) is 0 Å². The third kappa shape index (κ3) is 2.71. The van der Waals surface area contributed by atoms with Gasteiger partial charge in [-0.05, 0) is 43.8 Å². The molecule has 0 aliphatic heterocycles. The van der Waals surface area contributed by atoms with Crippen LogP contribution >= 0.6 is 11.8 Å². The third-order valence-electron chi connectivity index (χ3n) is 3.41. The maximum Gasteiger partial charge on any atom is 0.102 e. The fourth-order valence-electron chi connectivity index (χ4n) is 2.13. The highest BCUT2D eigenvalue weighted by Gasteiger charge is 2.07. The van der Waals surface area contributed by atoms with Crippen molar-refractivity contribution < 1.29 is 0 Å². The Hall–Kier alpha value is -1.78. The zero-order valence-corrected chi connectivity index (χ0v) is 12.4. The fraction of sp³-hybridized carbons (Fsp3) is 0.188. The number of hydrogen-bond donors (Lipinski definition) is 2. The number of nitrogens with zero attached hydrogens (tertiary/aromatic N) is 1. The van der Waals surface area contributed by atoms with Crippen LogP contribution in [0.3, 0.4) is 0 Å². The maximum absolute atomic E-state index is 4.44. The first-order chi connectivity index (χ1) is 9.76. The normalized spacial score (nSPS) is 12.7. The van der Waals surface area contributed by atoms with Gasteiger partial charge in [0.2, 0.25) is 0 Å². The summed E-state index contributed by atoms with van der Waals surface area (Å²) in [4.78, 5) is 7.85. The molecule has 3 rings (SSSR count). The first-order valence-corrected chi connectivity index (χ1v) is 7.47. The summed E-state index contributed by atoms with van der Waals surface area (Å²) in [5.41, 5.74) is 2.41. The average molecular weight is 283 g/mol. The van der Waals surface area contributed by atoms with E-state index in [-0.39, 0.29) is 0 Å². The number of fused-ring (bicyclic) bond motifs is 1. The van der Waals surface area contributed by atoms with E-state index < -0.39 is 0 Å². The van der Waals surface area contributed by atoms with E-state index in [1.54, 1.807) is 11.8 Å². The molecule has 0 amide bonds. The molecule has 2 heterocycles. The molecule has 2 aromatic heterocycles. The van der Waals surface area contributed by atoms with Crippen LogP contribution in [-0.2, 0) is 0 Å². The van der Waals surface area contributed by atoms with Crippen molar-refractivity contribution in [2.75, 3.05) is 7.05 Å². The quantitative estimate of drug-likeness (QED) is 0.760. The number of pyridine rings is 1. The van der Waals surface area contributed by atoms with Crippen LogP contribution in [0.4, 0.5) is 0 Å². The maximum atomic E-state index is 4.44. The summed E-state index contributed by atoms with van der Waals surface area (Å²) in [6.07, 6.45) is 1.87. The van der Waals surface area contributed by atoms with Crippen LogP contribution < -0.4 is 5.32 Å². The summed E-state index contributed by atoms with van der Waals surface area (Å²) in [7, 11) is 1.97. The Kier molecular flexibility index (Phi) is 3.76. The van der Waals surface area contributed by atoms with E-state index in [9.17, 15) is 0 Å². The summed E-state index contributed by atoms with van der Waals surface area (Å²) < 4.78 is 0. The number of rotatable bonds is 4. The molecule has 0 radical (unpaired) electrons. The highest BCUT2D eigenvalue weighted by molar-refractivity contribution is 7.99. The minimum Gasteiger partial charge on any atom is -0.349 e. The molecule has 0 bridgehead atoms. The molecule has 2 N–H and O–H groups in total. The van der Waals surface area contributed by atoms with E-state index in [0.717, 1.165) is 15.6 Å². The van der Waals surface area contributed by atoms with Crippen molar-refractivity contribution in [1.82, 2.24) is 15.3 Å². The van der Waals surface area contributed by atoms with Gasteiger partial charge in [-0.25, -0.2) is 4.98 Å². The van der Waals surface area contributed by atoms with Crippen molar-refractivity contribution in [2.24, 2.45) is 0 Å². The molecule has 20 heavy (non-hydrogen) atoms. The van der Waals surface area contributed by atoms with Gasteiger partial charge in [0, 0.05) is 23.1 Å². The Morgan fingerprint density at radius 2 is 2.05 bits per heavy atom. The van der Waals surface area contributed by atoms with Crippen molar-refractivity contribution in [2.45, 2.75) is 23.0 Å². The van der Waals surface area contributed by atoms with Gasteiger partial charge in [-0.15, -0.1) is 0 Å². The molecular weight excluding hydrogens is 266 g/mol. The lowest BCUT2D eigenvalue weighted by Crippen LogP contribution is -2.12. The lowest BCUT2D eigenvalue weighted by molar-refractivity contribution is 0.649. The van der Waals surface area contributed by atoms with Crippen molar-refractivity contribution in [3.63, 3.8) is 0 Å². The zero-order chi connectivity index (χ0) is 13.9. The van der Waals surface area contributed by atoms with E-state index in [1.165, 1.54) is 10.9 Å². The third-order valence-corrected chi connectivity index (χ3v) is 4.28. The summed E-state index contributed by atoms with van der Waals surface area (Å²) in [6.45, 7) is 2.15. The molecule has 1 aromatic carbocycles. The Labute approximate surface area is 122 Å². The smallest absolute Gasteiger partial charge is 0.102 e. The largest absolute Gasteiger partial charge is 0.349 e. The second kappa shape index (κ2) is 5.69. The van der Waals surface area contributed by atoms with Crippen LogP contribution in [0.25, 0.3) is 10.9 Å². The second-order valence-electron chi connectivity index (χ2n) is 4.76. The minimum absolute atomic E-state index is 0.333. The second-order valence-corrected chi connectivity index (χ2v) is 5.82. The van der Waals surface area contributed by atoms with Gasteiger partial charge in [0.05, 0.1) is 5.03 Å². The topological polar surface area (TPSA) is 40.7 Å². The Balaban J connectivity index is 1.87. The molecule has 0 fully saturated rings. The van der Waals surface area contributed by atoms with Crippen LogP contribution in [0, 0.1) is 0 Å². The molecule has 102 valence electrons. The minimum atomic E-state index is 0.333. The lowest BCUT2D eigenvalue weighted by atomic mass is 10.1. The van der Waals surface area contributed by atoms with Gasteiger partial charge >= 0.3 is 0 Å². The predicted molar refractivity (Wildman–Crippen MR) is 84.1 cm³/mol. The predicted octanol–water partition coefficient (Wildman–Crippen LogP) is 3.99. The molecule has 0 saturated carbocycles. The van der Waals surface area contributed by atoms with E-state index in [0.29, 0.717) is 6.04 Å². The molecule has 3 aromatic rings. The molecule has 0 aliphatic rings. The van der Waals surface area contributed by atoms with Crippen molar-refractivity contribution in [3.05, 3.63) is 54.2 Å². The van der Waals surface area contributed by atoms with E-state index in [1.807, 2.05) is 19.3 Å². The number of para-hydroxylation sites is 1. The first kappa shape index (κ1) is 13.2. The number of H-pyrrole nitrogens is 1. The molecule has 1 unspecified atom stereocenters. The zero-order valence-electron chi connectivity index (χ0n) is 11.6. The van der Waals surface area contributed by atoms with Crippen LogP contribution in [0.15, 0.2) is 58.7 Å².